The molecule has 0 amide bonds. The van der Waals surface area contributed by atoms with E-state index in [0.717, 1.165) is 46.2 Å². The van der Waals surface area contributed by atoms with Gasteiger partial charge in [0.25, 0.3) is 0 Å². The minimum Gasteiger partial charge on any atom is -0.356 e. The summed E-state index contributed by atoms with van der Waals surface area (Å²) in [6.07, 6.45) is 6.27. The summed E-state index contributed by atoms with van der Waals surface area (Å²) < 4.78 is 2.13. The standard InChI is InChI=1S/C22H19ClN4/c23-17-8-10-18(11-9-17)27-14-19(16-6-2-1-3-7-16)20-21(24-15-25-22(20)27)26-12-4-5-13-26/h1-3,6-11,14-15H,4-5,12-13H2. The van der Waals surface area contributed by atoms with Gasteiger partial charge in [0.05, 0.1) is 5.39 Å². The maximum Gasteiger partial charge on any atom is 0.150 e. The third-order valence-electron chi connectivity index (χ3n) is 5.16. The van der Waals surface area contributed by atoms with Gasteiger partial charge >= 0.3 is 0 Å². The Morgan fingerprint density at radius 2 is 1.59 bits per heavy atom. The highest BCUT2D eigenvalue weighted by atomic mass is 35.5. The number of anilines is 1. The van der Waals surface area contributed by atoms with Gasteiger partial charge in [-0.15, -0.1) is 0 Å². The zero-order chi connectivity index (χ0) is 18.2. The SMILES string of the molecule is Clc1ccc(-n2cc(-c3ccccc3)c3c(N4CCCC4)ncnc32)cc1. The summed E-state index contributed by atoms with van der Waals surface area (Å²) in [6.45, 7) is 2.10. The molecule has 1 aliphatic heterocycles. The highest BCUT2D eigenvalue weighted by Gasteiger charge is 2.22. The number of fused-ring (bicyclic) bond motifs is 1. The van der Waals surface area contributed by atoms with Crippen LogP contribution in [0.2, 0.25) is 5.02 Å². The maximum absolute atomic E-state index is 6.09. The van der Waals surface area contributed by atoms with Crippen molar-refractivity contribution in [2.75, 3.05) is 18.0 Å². The maximum atomic E-state index is 6.09. The normalized spacial score (nSPS) is 14.2. The van der Waals surface area contributed by atoms with Crippen LogP contribution < -0.4 is 4.90 Å². The second-order valence-corrected chi connectivity index (χ2v) is 7.28. The number of hydrogen-bond donors (Lipinski definition) is 0. The molecule has 5 heteroatoms. The molecule has 0 N–H and O–H groups in total. The van der Waals surface area contributed by atoms with E-state index in [-0.39, 0.29) is 0 Å². The highest BCUT2D eigenvalue weighted by Crippen LogP contribution is 2.37. The lowest BCUT2D eigenvalue weighted by molar-refractivity contribution is 0.937. The first-order chi connectivity index (χ1) is 13.3. The summed E-state index contributed by atoms with van der Waals surface area (Å²) in [5.74, 6) is 1.03. The van der Waals surface area contributed by atoms with Gasteiger partial charge in [0.15, 0.2) is 5.65 Å². The zero-order valence-electron chi connectivity index (χ0n) is 14.8. The van der Waals surface area contributed by atoms with E-state index < -0.39 is 0 Å². The molecular weight excluding hydrogens is 356 g/mol. The van der Waals surface area contributed by atoms with E-state index in [9.17, 15) is 0 Å². The van der Waals surface area contributed by atoms with Crippen LogP contribution in [0.5, 0.6) is 0 Å². The molecule has 0 atom stereocenters. The van der Waals surface area contributed by atoms with E-state index >= 15 is 0 Å². The predicted octanol–water partition coefficient (Wildman–Crippen LogP) is 5.34. The Balaban J connectivity index is 1.80. The molecule has 3 heterocycles. The molecule has 0 bridgehead atoms. The van der Waals surface area contributed by atoms with Crippen LogP contribution in [0.4, 0.5) is 5.82 Å². The molecule has 1 aliphatic rings. The number of hydrogen-bond acceptors (Lipinski definition) is 3. The number of benzene rings is 2. The molecule has 4 nitrogen and oxygen atoms in total. The molecular formula is C22H19ClN4. The summed E-state index contributed by atoms with van der Waals surface area (Å²) in [4.78, 5) is 11.7. The Hall–Kier alpha value is -2.85. The van der Waals surface area contributed by atoms with E-state index in [2.05, 4.69) is 49.9 Å². The minimum atomic E-state index is 0.728. The minimum absolute atomic E-state index is 0.728. The number of rotatable bonds is 3. The highest BCUT2D eigenvalue weighted by molar-refractivity contribution is 6.30. The van der Waals surface area contributed by atoms with Gasteiger partial charge in [-0.25, -0.2) is 9.97 Å². The first kappa shape index (κ1) is 16.3. The van der Waals surface area contributed by atoms with Gasteiger partial charge in [-0.05, 0) is 42.7 Å². The monoisotopic (exact) mass is 374 g/mol. The summed E-state index contributed by atoms with van der Waals surface area (Å²) in [7, 11) is 0. The van der Waals surface area contributed by atoms with Crippen molar-refractivity contribution in [1.82, 2.24) is 14.5 Å². The van der Waals surface area contributed by atoms with E-state index in [1.807, 2.05) is 30.3 Å². The van der Waals surface area contributed by atoms with Crippen LogP contribution in [0.3, 0.4) is 0 Å². The van der Waals surface area contributed by atoms with E-state index in [1.165, 1.54) is 18.4 Å². The second-order valence-electron chi connectivity index (χ2n) is 6.85. The zero-order valence-corrected chi connectivity index (χ0v) is 15.6. The second kappa shape index (κ2) is 6.71. The van der Waals surface area contributed by atoms with Crippen LogP contribution >= 0.6 is 11.6 Å². The van der Waals surface area contributed by atoms with Crippen LogP contribution in [-0.2, 0) is 0 Å². The Morgan fingerprint density at radius 1 is 0.852 bits per heavy atom. The molecule has 0 radical (unpaired) electrons. The molecule has 0 aliphatic carbocycles. The third-order valence-corrected chi connectivity index (χ3v) is 5.41. The topological polar surface area (TPSA) is 34.0 Å². The summed E-state index contributed by atoms with van der Waals surface area (Å²) in [5, 5.41) is 1.84. The lowest BCUT2D eigenvalue weighted by Gasteiger charge is -2.17. The molecule has 2 aromatic heterocycles. The van der Waals surface area contributed by atoms with Crippen molar-refractivity contribution < 1.29 is 0 Å². The van der Waals surface area contributed by atoms with Crippen LogP contribution in [-0.4, -0.2) is 27.6 Å². The predicted molar refractivity (Wildman–Crippen MR) is 111 cm³/mol. The quantitative estimate of drug-likeness (QED) is 0.485. The molecule has 1 saturated heterocycles. The first-order valence-electron chi connectivity index (χ1n) is 9.23. The molecule has 2 aromatic carbocycles. The third kappa shape index (κ3) is 2.86. The number of nitrogens with zero attached hydrogens (tertiary/aromatic N) is 4. The number of aromatic nitrogens is 3. The lowest BCUT2D eigenvalue weighted by atomic mass is 10.1. The van der Waals surface area contributed by atoms with Gasteiger partial charge in [-0.2, -0.15) is 0 Å². The Bertz CT molecular complexity index is 1080. The molecule has 134 valence electrons. The molecule has 0 unspecified atom stereocenters. The average Bonchev–Trinajstić information content (AvgIpc) is 3.37. The van der Waals surface area contributed by atoms with Crippen LogP contribution in [0.1, 0.15) is 12.8 Å². The van der Waals surface area contributed by atoms with Gasteiger partial charge < -0.3 is 9.47 Å². The van der Waals surface area contributed by atoms with Gasteiger partial charge in [0.2, 0.25) is 0 Å². The van der Waals surface area contributed by atoms with E-state index in [1.54, 1.807) is 6.33 Å². The fourth-order valence-corrected chi connectivity index (χ4v) is 3.98. The van der Waals surface area contributed by atoms with Crippen molar-refractivity contribution in [3.05, 3.63) is 72.1 Å². The molecule has 1 fully saturated rings. The average molecular weight is 375 g/mol. The fourth-order valence-electron chi connectivity index (χ4n) is 3.85. The summed E-state index contributed by atoms with van der Waals surface area (Å²) in [6, 6.07) is 18.3. The Morgan fingerprint density at radius 3 is 2.33 bits per heavy atom. The van der Waals surface area contributed by atoms with Crippen LogP contribution in [0.15, 0.2) is 67.1 Å². The smallest absolute Gasteiger partial charge is 0.150 e. The molecule has 27 heavy (non-hydrogen) atoms. The molecule has 0 spiro atoms. The van der Waals surface area contributed by atoms with Crippen molar-refractivity contribution in [3.8, 4) is 16.8 Å². The van der Waals surface area contributed by atoms with Crippen molar-refractivity contribution in [3.63, 3.8) is 0 Å². The van der Waals surface area contributed by atoms with Crippen molar-refractivity contribution in [2.45, 2.75) is 12.8 Å². The summed E-state index contributed by atoms with van der Waals surface area (Å²) >= 11 is 6.09. The van der Waals surface area contributed by atoms with E-state index in [0.29, 0.717) is 0 Å². The molecule has 5 rings (SSSR count). The number of halogens is 1. The van der Waals surface area contributed by atoms with Crippen molar-refractivity contribution in [1.29, 1.82) is 0 Å². The van der Waals surface area contributed by atoms with Gasteiger partial charge in [-0.1, -0.05) is 41.9 Å². The van der Waals surface area contributed by atoms with E-state index in [4.69, 9.17) is 11.6 Å². The van der Waals surface area contributed by atoms with Crippen LogP contribution in [0, 0.1) is 0 Å². The summed E-state index contributed by atoms with van der Waals surface area (Å²) in [5.41, 5.74) is 4.29. The fraction of sp³-hybridized carbons (Fsp3) is 0.182. The van der Waals surface area contributed by atoms with Crippen molar-refractivity contribution in [2.24, 2.45) is 0 Å². The van der Waals surface area contributed by atoms with Gasteiger partial charge in [0, 0.05) is 35.6 Å². The largest absolute Gasteiger partial charge is 0.356 e. The molecule has 4 aromatic rings. The molecule has 0 saturated carbocycles. The Kier molecular flexibility index (Phi) is 4.06. The van der Waals surface area contributed by atoms with Crippen molar-refractivity contribution >= 4 is 28.5 Å². The lowest BCUT2D eigenvalue weighted by Crippen LogP contribution is -2.19. The van der Waals surface area contributed by atoms with Gasteiger partial charge in [0.1, 0.15) is 12.1 Å². The van der Waals surface area contributed by atoms with Crippen LogP contribution in [0.25, 0.3) is 27.8 Å². The Labute approximate surface area is 163 Å². The van der Waals surface area contributed by atoms with Gasteiger partial charge in [-0.3, -0.25) is 0 Å². The first-order valence-corrected chi connectivity index (χ1v) is 9.61.